The highest BCUT2D eigenvalue weighted by atomic mass is 32.2. The lowest BCUT2D eigenvalue weighted by Gasteiger charge is -2.30. The van der Waals surface area contributed by atoms with Crippen LogP contribution in [-0.2, 0) is 21.2 Å². The summed E-state index contributed by atoms with van der Waals surface area (Å²) < 4.78 is 31.6. The largest absolute Gasteiger partial charge is 0.494 e. The Hall–Kier alpha value is -2.54. The van der Waals surface area contributed by atoms with E-state index in [0.29, 0.717) is 31.0 Å². The Morgan fingerprint density at radius 2 is 1.83 bits per heavy atom. The molecule has 7 heteroatoms. The van der Waals surface area contributed by atoms with Gasteiger partial charge in [0.25, 0.3) is 0 Å². The van der Waals surface area contributed by atoms with Crippen LogP contribution in [0.25, 0.3) is 0 Å². The normalized spacial score (nSPS) is 12.3. The molecule has 0 radical (unpaired) electrons. The fraction of sp³-hybridized carbons (Fsp3) is 0.435. The number of nitrogens with zero attached hydrogens (tertiary/aromatic N) is 1. The Morgan fingerprint density at radius 1 is 1.13 bits per heavy atom. The molecule has 1 N–H and O–H groups in total. The second-order valence-electron chi connectivity index (χ2n) is 7.29. The highest BCUT2D eigenvalue weighted by Crippen LogP contribution is 2.25. The molecular weight excluding hydrogens is 400 g/mol. The van der Waals surface area contributed by atoms with Gasteiger partial charge in [-0.05, 0) is 62.9 Å². The maximum Gasteiger partial charge on any atom is 0.243 e. The summed E-state index contributed by atoms with van der Waals surface area (Å²) in [5.41, 5.74) is 2.88. The van der Waals surface area contributed by atoms with E-state index >= 15 is 0 Å². The van der Waals surface area contributed by atoms with E-state index in [-0.39, 0.29) is 5.91 Å². The van der Waals surface area contributed by atoms with E-state index < -0.39 is 16.1 Å². The lowest BCUT2D eigenvalue weighted by atomic mass is 10.1. The fourth-order valence-corrected chi connectivity index (χ4v) is 4.62. The summed E-state index contributed by atoms with van der Waals surface area (Å²) in [5, 5.41) is 2.90. The van der Waals surface area contributed by atoms with Crippen LogP contribution in [0.5, 0.6) is 5.75 Å². The Bertz CT molecular complexity index is 926. The van der Waals surface area contributed by atoms with Crippen molar-refractivity contribution in [2.75, 3.05) is 23.7 Å². The first-order chi connectivity index (χ1) is 14.3. The van der Waals surface area contributed by atoms with Crippen LogP contribution >= 0.6 is 0 Å². The minimum Gasteiger partial charge on any atom is -0.494 e. The van der Waals surface area contributed by atoms with Gasteiger partial charge < -0.3 is 10.1 Å². The van der Waals surface area contributed by atoms with Crippen LogP contribution in [0.3, 0.4) is 0 Å². The number of carbonyl (C=O) groups is 1. The number of hydrogen-bond acceptors (Lipinski definition) is 4. The molecule has 30 heavy (non-hydrogen) atoms. The summed E-state index contributed by atoms with van der Waals surface area (Å²) in [4.78, 5) is 12.8. The molecule has 0 saturated carbocycles. The number of amides is 1. The standard InChI is InChI=1S/C23H32N2O4S/c1-5-22(23(26)24-16-8-11-19-10-7-9-18(3)17-19)25(30(4,27)28)20-12-14-21(15-13-20)29-6-2/h7,9-10,12-15,17,22H,5-6,8,11,16H2,1-4H3,(H,24,26). The van der Waals surface area contributed by atoms with Gasteiger partial charge in [0.2, 0.25) is 15.9 Å². The first kappa shape index (κ1) is 23.7. The second kappa shape index (κ2) is 11.0. The molecule has 0 saturated heterocycles. The van der Waals surface area contributed by atoms with Crippen LogP contribution in [-0.4, -0.2) is 39.8 Å². The molecule has 0 aliphatic carbocycles. The van der Waals surface area contributed by atoms with Gasteiger partial charge in [0.05, 0.1) is 18.6 Å². The van der Waals surface area contributed by atoms with Gasteiger partial charge in [0, 0.05) is 6.54 Å². The van der Waals surface area contributed by atoms with Gasteiger partial charge in [-0.1, -0.05) is 36.8 Å². The van der Waals surface area contributed by atoms with Crippen molar-refractivity contribution in [1.29, 1.82) is 0 Å². The number of benzene rings is 2. The maximum atomic E-state index is 12.8. The molecule has 1 amide bonds. The summed E-state index contributed by atoms with van der Waals surface area (Å²) >= 11 is 0. The van der Waals surface area contributed by atoms with Crippen molar-refractivity contribution in [3.05, 3.63) is 59.7 Å². The zero-order valence-corrected chi connectivity index (χ0v) is 19.0. The van der Waals surface area contributed by atoms with Crippen molar-refractivity contribution in [2.45, 2.75) is 46.1 Å². The summed E-state index contributed by atoms with van der Waals surface area (Å²) in [7, 11) is -3.65. The topological polar surface area (TPSA) is 75.7 Å². The Kier molecular flexibility index (Phi) is 8.72. The monoisotopic (exact) mass is 432 g/mol. The van der Waals surface area contributed by atoms with E-state index in [1.807, 2.05) is 19.9 Å². The molecule has 1 unspecified atom stereocenters. The van der Waals surface area contributed by atoms with Gasteiger partial charge in [-0.25, -0.2) is 8.42 Å². The van der Waals surface area contributed by atoms with Crippen molar-refractivity contribution in [1.82, 2.24) is 5.32 Å². The Morgan fingerprint density at radius 3 is 2.40 bits per heavy atom. The van der Waals surface area contributed by atoms with E-state index in [2.05, 4.69) is 30.4 Å². The summed E-state index contributed by atoms with van der Waals surface area (Å²) in [6, 6.07) is 14.2. The highest BCUT2D eigenvalue weighted by molar-refractivity contribution is 7.92. The number of aryl methyl sites for hydroxylation is 2. The van der Waals surface area contributed by atoms with Crippen molar-refractivity contribution < 1.29 is 17.9 Å². The van der Waals surface area contributed by atoms with Crippen molar-refractivity contribution in [3.8, 4) is 5.75 Å². The number of anilines is 1. The minimum absolute atomic E-state index is 0.291. The van der Waals surface area contributed by atoms with Crippen molar-refractivity contribution in [2.24, 2.45) is 0 Å². The van der Waals surface area contributed by atoms with Gasteiger partial charge in [0.1, 0.15) is 11.8 Å². The molecule has 2 aromatic rings. The Labute approximate surface area is 180 Å². The first-order valence-electron chi connectivity index (χ1n) is 10.3. The SMILES string of the molecule is CCOc1ccc(N(C(CC)C(=O)NCCCc2cccc(C)c2)S(C)(=O)=O)cc1. The summed E-state index contributed by atoms with van der Waals surface area (Å²) in [5.74, 6) is 0.365. The minimum atomic E-state index is -3.65. The van der Waals surface area contributed by atoms with Crippen LogP contribution in [0.4, 0.5) is 5.69 Å². The molecule has 0 heterocycles. The summed E-state index contributed by atoms with van der Waals surface area (Å²) in [6.07, 6.45) is 3.13. The van der Waals surface area contributed by atoms with Crippen LogP contribution in [0.1, 0.15) is 37.8 Å². The predicted octanol–water partition coefficient (Wildman–Crippen LogP) is 3.69. The average Bonchev–Trinajstić information content (AvgIpc) is 2.69. The van der Waals surface area contributed by atoms with Crippen molar-refractivity contribution in [3.63, 3.8) is 0 Å². The molecule has 0 spiro atoms. The van der Waals surface area contributed by atoms with Gasteiger partial charge in [-0.2, -0.15) is 0 Å². The quantitative estimate of drug-likeness (QED) is 0.550. The van der Waals surface area contributed by atoms with E-state index in [4.69, 9.17) is 4.74 Å². The Balaban J connectivity index is 2.05. The van der Waals surface area contributed by atoms with E-state index in [1.165, 1.54) is 15.4 Å². The van der Waals surface area contributed by atoms with Gasteiger partial charge in [0.15, 0.2) is 0 Å². The van der Waals surface area contributed by atoms with E-state index in [1.54, 1.807) is 24.3 Å². The molecule has 2 rings (SSSR count). The second-order valence-corrected chi connectivity index (χ2v) is 9.15. The van der Waals surface area contributed by atoms with Crippen LogP contribution < -0.4 is 14.4 Å². The molecule has 0 fully saturated rings. The average molecular weight is 433 g/mol. The molecular formula is C23H32N2O4S. The summed E-state index contributed by atoms with van der Waals surface area (Å²) in [6.45, 7) is 6.76. The smallest absolute Gasteiger partial charge is 0.243 e. The molecule has 164 valence electrons. The third kappa shape index (κ3) is 6.76. The maximum absolute atomic E-state index is 12.8. The van der Waals surface area contributed by atoms with Gasteiger partial charge >= 0.3 is 0 Å². The number of carbonyl (C=O) groups excluding carboxylic acids is 1. The zero-order valence-electron chi connectivity index (χ0n) is 18.2. The third-order valence-electron chi connectivity index (χ3n) is 4.76. The molecule has 1 atom stereocenters. The van der Waals surface area contributed by atoms with Crippen molar-refractivity contribution >= 4 is 21.6 Å². The number of rotatable bonds is 11. The van der Waals surface area contributed by atoms with E-state index in [0.717, 1.165) is 19.1 Å². The highest BCUT2D eigenvalue weighted by Gasteiger charge is 2.31. The zero-order chi connectivity index (χ0) is 22.1. The van der Waals surface area contributed by atoms with Gasteiger partial charge in [-0.3, -0.25) is 9.10 Å². The molecule has 0 bridgehead atoms. The van der Waals surface area contributed by atoms with E-state index in [9.17, 15) is 13.2 Å². The fourth-order valence-electron chi connectivity index (χ4n) is 3.41. The molecule has 0 aliphatic heterocycles. The molecule has 6 nitrogen and oxygen atoms in total. The van der Waals surface area contributed by atoms with Crippen LogP contribution in [0.15, 0.2) is 48.5 Å². The number of sulfonamides is 1. The lowest BCUT2D eigenvalue weighted by molar-refractivity contribution is -0.122. The molecule has 0 aromatic heterocycles. The van der Waals surface area contributed by atoms with Gasteiger partial charge in [-0.15, -0.1) is 0 Å². The number of ether oxygens (including phenoxy) is 1. The lowest BCUT2D eigenvalue weighted by Crippen LogP contribution is -2.49. The molecule has 0 aliphatic rings. The first-order valence-corrected chi connectivity index (χ1v) is 12.2. The number of hydrogen-bond donors (Lipinski definition) is 1. The number of nitrogens with one attached hydrogen (secondary N) is 1. The third-order valence-corrected chi connectivity index (χ3v) is 5.94. The van der Waals surface area contributed by atoms with Crippen LogP contribution in [0, 0.1) is 6.92 Å². The predicted molar refractivity (Wildman–Crippen MR) is 122 cm³/mol. The van der Waals surface area contributed by atoms with Crippen LogP contribution in [0.2, 0.25) is 0 Å². The molecule has 2 aromatic carbocycles.